The number of rotatable bonds is 4. The van der Waals surface area contributed by atoms with Crippen LogP contribution >= 0.6 is 11.6 Å². The van der Waals surface area contributed by atoms with E-state index in [1.807, 2.05) is 6.92 Å². The molecule has 2 rings (SSSR count). The molecule has 0 saturated heterocycles. The molecular formula is C16H15ClFNO. The second-order valence-electron chi connectivity index (χ2n) is 4.63. The molecule has 0 radical (unpaired) electrons. The number of amides is 1. The Kier molecular flexibility index (Phi) is 4.74. The predicted molar refractivity (Wildman–Crippen MR) is 79.5 cm³/mol. The highest BCUT2D eigenvalue weighted by Gasteiger charge is 2.06. The zero-order chi connectivity index (χ0) is 14.5. The van der Waals surface area contributed by atoms with Crippen LogP contribution in [-0.4, -0.2) is 5.91 Å². The number of carbonyl (C=O) groups is 1. The number of benzene rings is 2. The smallest absolute Gasteiger partial charge is 0.224 e. The third-order valence-electron chi connectivity index (χ3n) is 3.02. The van der Waals surface area contributed by atoms with Gasteiger partial charge < -0.3 is 5.32 Å². The Bertz CT molecular complexity index is 610. The van der Waals surface area contributed by atoms with Gasteiger partial charge in [0, 0.05) is 17.1 Å². The molecule has 0 aliphatic heterocycles. The minimum atomic E-state index is -0.269. The number of hydrogen-bond donors (Lipinski definition) is 1. The van der Waals surface area contributed by atoms with Gasteiger partial charge >= 0.3 is 0 Å². The van der Waals surface area contributed by atoms with Crippen molar-refractivity contribution in [3.05, 3.63) is 64.4 Å². The summed E-state index contributed by atoms with van der Waals surface area (Å²) in [5, 5.41) is 3.49. The lowest BCUT2D eigenvalue weighted by Gasteiger charge is -2.08. The van der Waals surface area contributed by atoms with E-state index in [9.17, 15) is 9.18 Å². The first-order chi connectivity index (χ1) is 9.54. The third kappa shape index (κ3) is 4.07. The van der Waals surface area contributed by atoms with Gasteiger partial charge in [0.15, 0.2) is 0 Å². The molecule has 1 N–H and O–H groups in total. The molecule has 1 amide bonds. The lowest BCUT2D eigenvalue weighted by atomic mass is 10.1. The SMILES string of the molecule is Cc1cc(Cl)ccc1NC(=O)CCc1ccc(F)cc1. The van der Waals surface area contributed by atoms with Gasteiger partial charge in [-0.25, -0.2) is 4.39 Å². The maximum atomic E-state index is 12.8. The van der Waals surface area contributed by atoms with Crippen molar-refractivity contribution in [1.29, 1.82) is 0 Å². The summed E-state index contributed by atoms with van der Waals surface area (Å²) in [6.07, 6.45) is 0.937. The Balaban J connectivity index is 1.90. The Hall–Kier alpha value is -1.87. The van der Waals surface area contributed by atoms with Crippen LogP contribution in [0.25, 0.3) is 0 Å². The highest BCUT2D eigenvalue weighted by molar-refractivity contribution is 6.30. The molecule has 0 unspecified atom stereocenters. The van der Waals surface area contributed by atoms with Gasteiger partial charge in [-0.2, -0.15) is 0 Å². The van der Waals surface area contributed by atoms with Crippen molar-refractivity contribution in [1.82, 2.24) is 0 Å². The molecule has 0 fully saturated rings. The molecule has 20 heavy (non-hydrogen) atoms. The molecule has 0 atom stereocenters. The molecule has 0 aliphatic carbocycles. The van der Waals surface area contributed by atoms with Crippen molar-refractivity contribution in [3.8, 4) is 0 Å². The van der Waals surface area contributed by atoms with Crippen molar-refractivity contribution in [3.63, 3.8) is 0 Å². The minimum absolute atomic E-state index is 0.0697. The summed E-state index contributed by atoms with van der Waals surface area (Å²) in [6.45, 7) is 1.89. The van der Waals surface area contributed by atoms with E-state index in [1.54, 1.807) is 30.3 Å². The van der Waals surface area contributed by atoms with E-state index in [0.29, 0.717) is 17.9 Å². The van der Waals surface area contributed by atoms with E-state index >= 15 is 0 Å². The summed E-state index contributed by atoms with van der Waals surface area (Å²) in [4.78, 5) is 11.9. The second-order valence-corrected chi connectivity index (χ2v) is 5.07. The third-order valence-corrected chi connectivity index (χ3v) is 3.25. The molecule has 0 heterocycles. The number of halogens is 2. The summed E-state index contributed by atoms with van der Waals surface area (Å²) < 4.78 is 12.8. The minimum Gasteiger partial charge on any atom is -0.326 e. The van der Waals surface area contributed by atoms with Gasteiger partial charge in [-0.3, -0.25) is 4.79 Å². The van der Waals surface area contributed by atoms with Crippen LogP contribution in [0.1, 0.15) is 17.5 Å². The van der Waals surface area contributed by atoms with Crippen LogP contribution in [0.3, 0.4) is 0 Å². The van der Waals surface area contributed by atoms with Gasteiger partial charge in [-0.05, 0) is 54.8 Å². The van der Waals surface area contributed by atoms with Crippen molar-refractivity contribution < 1.29 is 9.18 Å². The van der Waals surface area contributed by atoms with Crippen molar-refractivity contribution >= 4 is 23.2 Å². The average molecular weight is 292 g/mol. The van der Waals surface area contributed by atoms with Gasteiger partial charge in [-0.15, -0.1) is 0 Å². The topological polar surface area (TPSA) is 29.1 Å². The lowest BCUT2D eigenvalue weighted by Crippen LogP contribution is -2.13. The quantitative estimate of drug-likeness (QED) is 0.891. The maximum absolute atomic E-state index is 12.8. The van der Waals surface area contributed by atoms with Gasteiger partial charge in [-0.1, -0.05) is 23.7 Å². The largest absolute Gasteiger partial charge is 0.326 e. The van der Waals surface area contributed by atoms with Gasteiger partial charge in [0.25, 0.3) is 0 Å². The van der Waals surface area contributed by atoms with Crippen LogP contribution in [0.15, 0.2) is 42.5 Å². The molecular weight excluding hydrogens is 277 g/mol. The normalized spacial score (nSPS) is 10.3. The van der Waals surface area contributed by atoms with E-state index < -0.39 is 0 Å². The fourth-order valence-electron chi connectivity index (χ4n) is 1.89. The maximum Gasteiger partial charge on any atom is 0.224 e. The molecule has 2 aromatic carbocycles. The van der Waals surface area contributed by atoms with E-state index in [0.717, 1.165) is 16.8 Å². The molecule has 2 aromatic rings. The molecule has 2 nitrogen and oxygen atoms in total. The monoisotopic (exact) mass is 291 g/mol. The van der Waals surface area contributed by atoms with Crippen molar-refractivity contribution in [2.45, 2.75) is 19.8 Å². The number of hydrogen-bond acceptors (Lipinski definition) is 1. The highest BCUT2D eigenvalue weighted by atomic mass is 35.5. The van der Waals surface area contributed by atoms with E-state index in [1.165, 1.54) is 12.1 Å². The summed E-state index contributed by atoms with van der Waals surface area (Å²) in [7, 11) is 0. The van der Waals surface area contributed by atoms with E-state index in [4.69, 9.17) is 11.6 Å². The van der Waals surface area contributed by atoms with Crippen LogP contribution in [0.4, 0.5) is 10.1 Å². The first-order valence-electron chi connectivity index (χ1n) is 6.35. The molecule has 0 aromatic heterocycles. The summed E-state index contributed by atoms with van der Waals surface area (Å²) in [5.41, 5.74) is 2.63. The Morgan fingerprint density at radius 2 is 1.90 bits per heavy atom. The van der Waals surface area contributed by atoms with E-state index in [2.05, 4.69) is 5.32 Å². The van der Waals surface area contributed by atoms with Crippen molar-refractivity contribution in [2.24, 2.45) is 0 Å². The van der Waals surface area contributed by atoms with E-state index in [-0.39, 0.29) is 11.7 Å². The number of nitrogens with one attached hydrogen (secondary N) is 1. The Labute approximate surface area is 122 Å². The average Bonchev–Trinajstić information content (AvgIpc) is 2.41. The molecule has 0 saturated carbocycles. The van der Waals surface area contributed by atoms with Crippen LogP contribution in [0, 0.1) is 12.7 Å². The predicted octanol–water partition coefficient (Wildman–Crippen LogP) is 4.36. The summed E-state index contributed by atoms with van der Waals surface area (Å²) >= 11 is 5.86. The molecule has 0 aliphatic rings. The Morgan fingerprint density at radius 3 is 2.55 bits per heavy atom. The number of anilines is 1. The fraction of sp³-hybridized carbons (Fsp3) is 0.188. The summed E-state index contributed by atoms with van der Waals surface area (Å²) in [5.74, 6) is -0.338. The molecule has 104 valence electrons. The van der Waals surface area contributed by atoms with Gasteiger partial charge in [0.2, 0.25) is 5.91 Å². The van der Waals surface area contributed by atoms with Crippen LogP contribution in [0.2, 0.25) is 5.02 Å². The lowest BCUT2D eigenvalue weighted by molar-refractivity contribution is -0.116. The Morgan fingerprint density at radius 1 is 1.20 bits per heavy atom. The van der Waals surface area contributed by atoms with Gasteiger partial charge in [0.05, 0.1) is 0 Å². The summed E-state index contributed by atoms with van der Waals surface area (Å²) in [6, 6.07) is 11.5. The van der Waals surface area contributed by atoms with Crippen LogP contribution < -0.4 is 5.32 Å². The van der Waals surface area contributed by atoms with Crippen molar-refractivity contribution in [2.75, 3.05) is 5.32 Å². The molecule has 0 spiro atoms. The zero-order valence-electron chi connectivity index (χ0n) is 11.1. The zero-order valence-corrected chi connectivity index (χ0v) is 11.9. The standard InChI is InChI=1S/C16H15ClFNO/c1-11-10-13(17)5-8-15(11)19-16(20)9-4-12-2-6-14(18)7-3-12/h2-3,5-8,10H,4,9H2,1H3,(H,19,20). The first-order valence-corrected chi connectivity index (χ1v) is 6.73. The van der Waals surface area contributed by atoms with Crippen LogP contribution in [0.5, 0.6) is 0 Å². The second kappa shape index (κ2) is 6.53. The van der Waals surface area contributed by atoms with Gasteiger partial charge in [0.1, 0.15) is 5.82 Å². The number of aryl methyl sites for hydroxylation is 2. The first kappa shape index (κ1) is 14.5. The van der Waals surface area contributed by atoms with Crippen LogP contribution in [-0.2, 0) is 11.2 Å². The fourth-order valence-corrected chi connectivity index (χ4v) is 2.12. The number of carbonyl (C=O) groups excluding carboxylic acids is 1. The highest BCUT2D eigenvalue weighted by Crippen LogP contribution is 2.19. The molecule has 0 bridgehead atoms. The molecule has 4 heteroatoms.